The lowest BCUT2D eigenvalue weighted by Crippen LogP contribution is -2.12. The van der Waals surface area contributed by atoms with E-state index in [4.69, 9.17) is 4.42 Å². The highest BCUT2D eigenvalue weighted by Crippen LogP contribution is 2.29. The van der Waals surface area contributed by atoms with Crippen LogP contribution in [-0.2, 0) is 0 Å². The molecule has 0 spiro atoms. The highest BCUT2D eigenvalue weighted by atomic mass is 16.6. The molecule has 1 atom stereocenters. The lowest BCUT2D eigenvalue weighted by atomic mass is 9.98. The molecule has 1 amide bonds. The van der Waals surface area contributed by atoms with E-state index in [1.54, 1.807) is 37.3 Å². The van der Waals surface area contributed by atoms with Gasteiger partial charge < -0.3 is 9.73 Å². The molecule has 0 saturated carbocycles. The van der Waals surface area contributed by atoms with Gasteiger partial charge in [-0.05, 0) is 61.2 Å². The molecule has 32 heavy (non-hydrogen) atoms. The molecule has 0 bridgehead atoms. The van der Waals surface area contributed by atoms with Crippen LogP contribution in [0, 0.1) is 17.0 Å². The van der Waals surface area contributed by atoms with E-state index in [9.17, 15) is 14.9 Å². The van der Waals surface area contributed by atoms with Gasteiger partial charge in [-0.25, -0.2) is 4.98 Å². The summed E-state index contributed by atoms with van der Waals surface area (Å²) < 4.78 is 5.92. The van der Waals surface area contributed by atoms with Gasteiger partial charge in [-0.1, -0.05) is 32.0 Å². The van der Waals surface area contributed by atoms with Gasteiger partial charge in [0, 0.05) is 28.4 Å². The number of aromatic nitrogens is 1. The molecule has 0 aliphatic carbocycles. The standard InChI is InChI=1S/C25H23N3O4/c1-4-15(2)17-10-11-23-21(13-17)27-25(32-23)19-6-5-7-20(12-19)26-24(29)18-9-8-16(3)22(14-18)28(30)31/h5-15H,4H2,1-3H3,(H,26,29)/t15-/m0/s1. The normalized spacial score (nSPS) is 12.0. The van der Waals surface area contributed by atoms with Crippen LogP contribution in [0.3, 0.4) is 0 Å². The Morgan fingerprint density at radius 3 is 2.72 bits per heavy atom. The van der Waals surface area contributed by atoms with Gasteiger partial charge in [-0.15, -0.1) is 0 Å². The molecule has 0 saturated heterocycles. The Balaban J connectivity index is 1.59. The van der Waals surface area contributed by atoms with Crippen molar-refractivity contribution in [2.75, 3.05) is 5.32 Å². The number of nitro benzene ring substituents is 1. The number of benzene rings is 3. The first-order chi connectivity index (χ1) is 15.4. The quantitative estimate of drug-likeness (QED) is 0.279. The number of amides is 1. The zero-order valence-electron chi connectivity index (χ0n) is 18.1. The zero-order chi connectivity index (χ0) is 22.8. The molecule has 162 valence electrons. The molecule has 7 heteroatoms. The van der Waals surface area contributed by atoms with Crippen molar-refractivity contribution < 1.29 is 14.1 Å². The molecule has 1 aromatic heterocycles. The van der Waals surface area contributed by atoms with Crippen LogP contribution in [0.1, 0.15) is 47.7 Å². The monoisotopic (exact) mass is 429 g/mol. The summed E-state index contributed by atoms with van der Waals surface area (Å²) in [4.78, 5) is 27.9. The third kappa shape index (κ3) is 4.23. The van der Waals surface area contributed by atoms with Gasteiger partial charge in [0.25, 0.3) is 11.6 Å². The maximum Gasteiger partial charge on any atom is 0.273 e. The van der Waals surface area contributed by atoms with Gasteiger partial charge in [-0.2, -0.15) is 0 Å². The number of nitrogens with one attached hydrogen (secondary N) is 1. The molecule has 0 aliphatic rings. The van der Waals surface area contributed by atoms with Gasteiger partial charge >= 0.3 is 0 Å². The topological polar surface area (TPSA) is 98.3 Å². The fraction of sp³-hybridized carbons (Fsp3) is 0.200. The summed E-state index contributed by atoms with van der Waals surface area (Å²) in [5, 5.41) is 14.0. The third-order valence-electron chi connectivity index (χ3n) is 5.63. The summed E-state index contributed by atoms with van der Waals surface area (Å²) >= 11 is 0. The summed E-state index contributed by atoms with van der Waals surface area (Å²) in [5.41, 5.74) is 4.60. The van der Waals surface area contributed by atoms with Crippen LogP contribution in [0.15, 0.2) is 65.1 Å². The van der Waals surface area contributed by atoms with Crippen molar-refractivity contribution in [1.29, 1.82) is 0 Å². The fourth-order valence-corrected chi connectivity index (χ4v) is 3.49. The molecule has 3 aromatic carbocycles. The average Bonchev–Trinajstić information content (AvgIpc) is 3.22. The van der Waals surface area contributed by atoms with E-state index >= 15 is 0 Å². The first-order valence-electron chi connectivity index (χ1n) is 10.4. The molecule has 0 fully saturated rings. The van der Waals surface area contributed by atoms with Crippen LogP contribution < -0.4 is 5.32 Å². The van der Waals surface area contributed by atoms with Crippen LogP contribution >= 0.6 is 0 Å². The Morgan fingerprint density at radius 2 is 1.97 bits per heavy atom. The molecule has 4 rings (SSSR count). The van der Waals surface area contributed by atoms with E-state index in [1.807, 2.05) is 18.2 Å². The van der Waals surface area contributed by atoms with Gasteiger partial charge in [-0.3, -0.25) is 14.9 Å². The number of hydrogen-bond acceptors (Lipinski definition) is 5. The van der Waals surface area contributed by atoms with Crippen LogP contribution in [0.25, 0.3) is 22.6 Å². The predicted molar refractivity (Wildman–Crippen MR) is 124 cm³/mol. The van der Waals surface area contributed by atoms with E-state index in [0.717, 1.165) is 17.5 Å². The summed E-state index contributed by atoms with van der Waals surface area (Å²) in [6.07, 6.45) is 1.04. The lowest BCUT2D eigenvalue weighted by molar-refractivity contribution is -0.385. The van der Waals surface area contributed by atoms with Crippen molar-refractivity contribution in [3.05, 3.63) is 87.5 Å². The highest BCUT2D eigenvalue weighted by Gasteiger charge is 2.16. The number of fused-ring (bicyclic) bond motifs is 1. The second-order valence-corrected chi connectivity index (χ2v) is 7.85. The minimum atomic E-state index is -0.493. The lowest BCUT2D eigenvalue weighted by Gasteiger charge is -2.07. The van der Waals surface area contributed by atoms with Crippen molar-refractivity contribution in [2.24, 2.45) is 0 Å². The predicted octanol–water partition coefficient (Wildman–Crippen LogP) is 6.48. The molecular weight excluding hydrogens is 406 g/mol. The SMILES string of the molecule is CC[C@H](C)c1ccc2oc(-c3cccc(NC(=O)c4ccc(C)c([N+](=O)[O-])c4)c3)nc2c1. The Morgan fingerprint density at radius 1 is 1.16 bits per heavy atom. The molecule has 1 N–H and O–H groups in total. The van der Waals surface area contributed by atoms with Crippen molar-refractivity contribution >= 4 is 28.4 Å². The summed E-state index contributed by atoms with van der Waals surface area (Å²) in [6.45, 7) is 5.96. The minimum absolute atomic E-state index is 0.0883. The minimum Gasteiger partial charge on any atom is -0.436 e. The Bertz CT molecular complexity index is 1330. The summed E-state index contributed by atoms with van der Waals surface area (Å²) in [6, 6.07) is 17.6. The number of oxazole rings is 1. The average molecular weight is 429 g/mol. The van der Waals surface area contributed by atoms with E-state index < -0.39 is 10.8 Å². The van der Waals surface area contributed by atoms with Crippen molar-refractivity contribution in [1.82, 2.24) is 4.98 Å². The number of hydrogen-bond donors (Lipinski definition) is 1. The number of carbonyl (C=O) groups is 1. The fourth-order valence-electron chi connectivity index (χ4n) is 3.49. The van der Waals surface area contributed by atoms with E-state index in [0.29, 0.717) is 28.6 Å². The van der Waals surface area contributed by atoms with Crippen LogP contribution in [0.4, 0.5) is 11.4 Å². The number of nitro groups is 1. The highest BCUT2D eigenvalue weighted by molar-refractivity contribution is 6.05. The number of aryl methyl sites for hydroxylation is 1. The van der Waals surface area contributed by atoms with Crippen molar-refractivity contribution in [3.8, 4) is 11.5 Å². The molecule has 4 aromatic rings. The molecule has 1 heterocycles. The van der Waals surface area contributed by atoms with Gasteiger partial charge in [0.1, 0.15) is 5.52 Å². The summed E-state index contributed by atoms with van der Waals surface area (Å²) in [7, 11) is 0. The van der Waals surface area contributed by atoms with E-state index in [-0.39, 0.29) is 11.3 Å². The molecule has 0 radical (unpaired) electrons. The van der Waals surface area contributed by atoms with Crippen LogP contribution in [0.5, 0.6) is 0 Å². The number of carbonyl (C=O) groups excluding carboxylic acids is 1. The zero-order valence-corrected chi connectivity index (χ0v) is 18.1. The number of anilines is 1. The maximum absolute atomic E-state index is 12.6. The van der Waals surface area contributed by atoms with Crippen molar-refractivity contribution in [3.63, 3.8) is 0 Å². The second kappa shape index (κ2) is 8.63. The maximum atomic E-state index is 12.6. The summed E-state index contributed by atoms with van der Waals surface area (Å²) in [5.74, 6) is 0.472. The number of nitrogens with zero attached hydrogens (tertiary/aromatic N) is 2. The van der Waals surface area contributed by atoms with Gasteiger partial charge in [0.05, 0.1) is 4.92 Å². The van der Waals surface area contributed by atoms with Crippen LogP contribution in [-0.4, -0.2) is 15.8 Å². The first kappa shape index (κ1) is 21.2. The first-order valence-corrected chi connectivity index (χ1v) is 10.4. The van der Waals surface area contributed by atoms with Crippen LogP contribution in [0.2, 0.25) is 0 Å². The largest absolute Gasteiger partial charge is 0.436 e. The Kier molecular flexibility index (Phi) is 5.73. The Labute approximate surface area is 185 Å². The smallest absolute Gasteiger partial charge is 0.273 e. The Hall–Kier alpha value is -4.00. The van der Waals surface area contributed by atoms with Gasteiger partial charge in [0.15, 0.2) is 5.58 Å². The molecule has 0 unspecified atom stereocenters. The van der Waals surface area contributed by atoms with E-state index in [1.165, 1.54) is 11.6 Å². The third-order valence-corrected chi connectivity index (χ3v) is 5.63. The second-order valence-electron chi connectivity index (χ2n) is 7.85. The van der Waals surface area contributed by atoms with Crippen molar-refractivity contribution in [2.45, 2.75) is 33.1 Å². The van der Waals surface area contributed by atoms with E-state index in [2.05, 4.69) is 30.2 Å². The van der Waals surface area contributed by atoms with Gasteiger partial charge in [0.2, 0.25) is 5.89 Å². The molecule has 0 aliphatic heterocycles. The number of rotatable bonds is 6. The molecule has 7 nitrogen and oxygen atoms in total. The molecular formula is C25H23N3O4.